The van der Waals surface area contributed by atoms with E-state index in [0.717, 1.165) is 89.9 Å². The van der Waals surface area contributed by atoms with Gasteiger partial charge in [0.1, 0.15) is 13.2 Å². The molecule has 0 radical (unpaired) electrons. The molecule has 0 saturated carbocycles. The summed E-state index contributed by atoms with van der Waals surface area (Å²) in [4.78, 5) is 38.4. The van der Waals surface area contributed by atoms with Gasteiger partial charge in [-0.25, -0.2) is 0 Å². The van der Waals surface area contributed by atoms with E-state index in [1.807, 2.05) is 0 Å². The third-order valence-electron chi connectivity index (χ3n) is 15.9. The van der Waals surface area contributed by atoms with Crippen LogP contribution in [0.2, 0.25) is 0 Å². The highest BCUT2D eigenvalue weighted by Crippen LogP contribution is 2.18. The van der Waals surface area contributed by atoms with Crippen molar-refractivity contribution in [2.24, 2.45) is 0 Å². The molecule has 0 aliphatic rings. The normalized spacial score (nSPS) is 12.5. The van der Waals surface area contributed by atoms with Crippen molar-refractivity contribution in [2.45, 2.75) is 380 Å². The first kappa shape index (κ1) is 78.8. The maximum absolute atomic E-state index is 13.0. The van der Waals surface area contributed by atoms with E-state index in [2.05, 4.69) is 93.7 Å². The number of rotatable bonds is 66. The summed E-state index contributed by atoms with van der Waals surface area (Å²) in [6, 6.07) is 0. The summed E-state index contributed by atoms with van der Waals surface area (Å²) in [5.74, 6) is -0.904. The zero-order chi connectivity index (χ0) is 59.2. The summed E-state index contributed by atoms with van der Waals surface area (Å²) in [5.41, 5.74) is 0. The van der Waals surface area contributed by atoms with Crippen LogP contribution in [0, 0.1) is 0 Å². The molecule has 6 heteroatoms. The SMILES string of the molecule is CC/C=C\C/C=C\C/C=C\C/C=C\CCCCC(=O)OCC(COC(=O)CCCCCCCCCCCCCCCCCCC/C=C\C/C=C\CCCCCCC)OC(=O)CCCCCCCCCCCCCCCCCCCCCC. The van der Waals surface area contributed by atoms with E-state index in [1.54, 1.807) is 0 Å². The minimum absolute atomic E-state index is 0.0841. The van der Waals surface area contributed by atoms with Gasteiger partial charge >= 0.3 is 17.9 Å². The van der Waals surface area contributed by atoms with Gasteiger partial charge in [-0.2, -0.15) is 0 Å². The molecule has 476 valence electrons. The molecule has 0 N–H and O–H groups in total. The third-order valence-corrected chi connectivity index (χ3v) is 15.9. The first-order chi connectivity index (χ1) is 40.5. The fourth-order valence-corrected chi connectivity index (χ4v) is 10.6. The average molecular weight is 1150 g/mol. The van der Waals surface area contributed by atoms with Crippen molar-refractivity contribution in [1.29, 1.82) is 0 Å². The molecule has 0 heterocycles. The van der Waals surface area contributed by atoms with Gasteiger partial charge in [0.2, 0.25) is 0 Å². The van der Waals surface area contributed by atoms with Crippen LogP contribution in [-0.4, -0.2) is 37.2 Å². The van der Waals surface area contributed by atoms with Gasteiger partial charge in [-0.15, -0.1) is 0 Å². The smallest absolute Gasteiger partial charge is 0.306 e. The van der Waals surface area contributed by atoms with Crippen molar-refractivity contribution >= 4 is 17.9 Å². The maximum atomic E-state index is 13.0. The molecule has 0 fully saturated rings. The highest BCUT2D eigenvalue weighted by Gasteiger charge is 2.19. The molecule has 6 nitrogen and oxygen atoms in total. The van der Waals surface area contributed by atoms with Gasteiger partial charge in [0, 0.05) is 19.3 Å². The van der Waals surface area contributed by atoms with E-state index in [-0.39, 0.29) is 31.1 Å². The maximum Gasteiger partial charge on any atom is 0.306 e. The lowest BCUT2D eigenvalue weighted by molar-refractivity contribution is -0.167. The van der Waals surface area contributed by atoms with Crippen molar-refractivity contribution < 1.29 is 28.6 Å². The summed E-state index contributed by atoms with van der Waals surface area (Å²) in [7, 11) is 0. The molecular formula is C76H136O6. The Morgan fingerprint density at radius 1 is 0.256 bits per heavy atom. The van der Waals surface area contributed by atoms with Crippen LogP contribution in [0.4, 0.5) is 0 Å². The van der Waals surface area contributed by atoms with Crippen molar-refractivity contribution in [3.63, 3.8) is 0 Å². The van der Waals surface area contributed by atoms with Gasteiger partial charge in [0.15, 0.2) is 6.10 Å². The molecule has 0 amide bonds. The zero-order valence-electron chi connectivity index (χ0n) is 54.8. The van der Waals surface area contributed by atoms with Gasteiger partial charge in [-0.3, -0.25) is 14.4 Å². The van der Waals surface area contributed by atoms with Crippen LogP contribution >= 0.6 is 0 Å². The van der Waals surface area contributed by atoms with Crippen LogP contribution in [0.15, 0.2) is 72.9 Å². The summed E-state index contributed by atoms with van der Waals surface area (Å²) in [6.07, 6.45) is 92.3. The van der Waals surface area contributed by atoms with E-state index in [9.17, 15) is 14.4 Å². The second kappa shape index (κ2) is 70.3. The quantitative estimate of drug-likeness (QED) is 0.0261. The average Bonchev–Trinajstić information content (AvgIpc) is 3.47. The molecule has 1 unspecified atom stereocenters. The van der Waals surface area contributed by atoms with Gasteiger partial charge in [-0.1, -0.05) is 338 Å². The molecule has 1 atom stereocenters. The number of esters is 3. The van der Waals surface area contributed by atoms with Gasteiger partial charge in [0.05, 0.1) is 0 Å². The molecule has 0 rings (SSSR count). The molecule has 0 aromatic carbocycles. The van der Waals surface area contributed by atoms with E-state index >= 15 is 0 Å². The predicted molar refractivity (Wildman–Crippen MR) is 358 cm³/mol. The second-order valence-corrected chi connectivity index (χ2v) is 24.1. The van der Waals surface area contributed by atoms with Crippen molar-refractivity contribution in [3.8, 4) is 0 Å². The number of carbonyl (C=O) groups excluding carboxylic acids is 3. The standard InChI is InChI=1S/C76H136O6/c1-4-7-10-13-16-19-22-25-28-30-32-34-35-36-37-38-39-40-41-42-44-45-48-51-54-57-60-63-66-69-75(78)81-72-73(71-80-74(77)68-65-62-59-56-53-50-47-27-24-21-18-15-12-9-6-3)82-76(79)70-67-64-61-58-55-52-49-46-43-33-31-29-26-23-20-17-14-11-8-5-2/h9,12,18,21-22,25,27,30,32,47,53,56,73H,4-8,10-11,13-17,19-20,23-24,26,28-29,31,33-46,48-52,54-55,57-72H2,1-3H3/b12-9-,21-18-,25-22-,32-30-,47-27-,56-53-. The highest BCUT2D eigenvalue weighted by molar-refractivity contribution is 5.71. The number of ether oxygens (including phenoxy) is 3. The van der Waals surface area contributed by atoms with Crippen molar-refractivity contribution in [3.05, 3.63) is 72.9 Å². The van der Waals surface area contributed by atoms with Crippen LogP contribution in [-0.2, 0) is 28.6 Å². The van der Waals surface area contributed by atoms with E-state index in [0.29, 0.717) is 19.3 Å². The number of allylic oxidation sites excluding steroid dienone is 12. The summed E-state index contributed by atoms with van der Waals surface area (Å²) in [6.45, 7) is 6.54. The number of carbonyl (C=O) groups is 3. The molecule has 0 aromatic rings. The monoisotopic (exact) mass is 1150 g/mol. The Bertz CT molecular complexity index is 1500. The van der Waals surface area contributed by atoms with Crippen LogP contribution in [0.1, 0.15) is 374 Å². The van der Waals surface area contributed by atoms with Gasteiger partial charge in [0.25, 0.3) is 0 Å². The second-order valence-electron chi connectivity index (χ2n) is 24.1. The molecule has 82 heavy (non-hydrogen) atoms. The molecule has 0 spiro atoms. The Labute approximate surface area is 510 Å². The topological polar surface area (TPSA) is 78.9 Å². The predicted octanol–water partition coefficient (Wildman–Crippen LogP) is 24.8. The Balaban J connectivity index is 4.26. The van der Waals surface area contributed by atoms with Crippen molar-refractivity contribution in [2.75, 3.05) is 13.2 Å². The lowest BCUT2D eigenvalue weighted by Gasteiger charge is -2.18. The first-order valence-corrected chi connectivity index (χ1v) is 35.9. The van der Waals surface area contributed by atoms with E-state index < -0.39 is 6.10 Å². The molecule has 0 bridgehead atoms. The Morgan fingerprint density at radius 2 is 0.476 bits per heavy atom. The minimum Gasteiger partial charge on any atom is -0.462 e. The molecule has 0 aromatic heterocycles. The van der Waals surface area contributed by atoms with Crippen LogP contribution in [0.5, 0.6) is 0 Å². The number of unbranched alkanes of at least 4 members (excludes halogenated alkanes) is 43. The summed E-state index contributed by atoms with van der Waals surface area (Å²) >= 11 is 0. The van der Waals surface area contributed by atoms with Gasteiger partial charge in [-0.05, 0) is 89.9 Å². The number of hydrogen-bond acceptors (Lipinski definition) is 6. The highest BCUT2D eigenvalue weighted by atomic mass is 16.6. The van der Waals surface area contributed by atoms with Crippen molar-refractivity contribution in [1.82, 2.24) is 0 Å². The Hall–Kier alpha value is -3.15. The fourth-order valence-electron chi connectivity index (χ4n) is 10.6. The van der Waals surface area contributed by atoms with E-state index in [4.69, 9.17) is 14.2 Å². The summed E-state index contributed by atoms with van der Waals surface area (Å²) < 4.78 is 17.0. The van der Waals surface area contributed by atoms with Crippen LogP contribution in [0.25, 0.3) is 0 Å². The Morgan fingerprint density at radius 3 is 0.768 bits per heavy atom. The van der Waals surface area contributed by atoms with Crippen LogP contribution < -0.4 is 0 Å². The largest absolute Gasteiger partial charge is 0.462 e. The lowest BCUT2D eigenvalue weighted by atomic mass is 10.0. The summed E-state index contributed by atoms with van der Waals surface area (Å²) in [5, 5.41) is 0. The molecule has 0 aliphatic carbocycles. The minimum atomic E-state index is -0.791. The van der Waals surface area contributed by atoms with E-state index in [1.165, 1.54) is 244 Å². The zero-order valence-corrected chi connectivity index (χ0v) is 54.8. The fraction of sp³-hybridized carbons (Fsp3) is 0.803. The molecule has 0 saturated heterocycles. The third kappa shape index (κ3) is 67.6. The van der Waals surface area contributed by atoms with Crippen LogP contribution in [0.3, 0.4) is 0 Å². The molecule has 0 aliphatic heterocycles. The first-order valence-electron chi connectivity index (χ1n) is 35.9. The molecular weight excluding hydrogens is 1010 g/mol. The number of hydrogen-bond donors (Lipinski definition) is 0. The Kier molecular flexibility index (Phi) is 67.6. The lowest BCUT2D eigenvalue weighted by Crippen LogP contribution is -2.30. The van der Waals surface area contributed by atoms with Gasteiger partial charge < -0.3 is 14.2 Å².